The van der Waals surface area contributed by atoms with Crippen molar-refractivity contribution in [2.45, 2.75) is 32.4 Å². The topological polar surface area (TPSA) is 34.5 Å². The van der Waals surface area contributed by atoms with Crippen molar-refractivity contribution >= 4 is 16.6 Å². The Morgan fingerprint density at radius 2 is 1.92 bits per heavy atom. The van der Waals surface area contributed by atoms with Crippen LogP contribution in [-0.4, -0.2) is 23.3 Å². The molecule has 0 radical (unpaired) electrons. The number of methoxy groups -OCH3 is 1. The standard InChI is InChI=1S/C22H22N2O/c1-22(2)12-19-16(14-25-3)8-6-9-18(19)21(24-22)17-11-15-7-4-5-10-20(15)23-13-17/h4-11,13H,12,14H2,1-3H3. The van der Waals surface area contributed by atoms with Gasteiger partial charge >= 0.3 is 0 Å². The maximum absolute atomic E-state index is 5.41. The minimum absolute atomic E-state index is 0.141. The first-order valence-corrected chi connectivity index (χ1v) is 8.62. The molecule has 0 atom stereocenters. The molecule has 0 bridgehead atoms. The van der Waals surface area contributed by atoms with Gasteiger partial charge < -0.3 is 4.74 Å². The molecule has 0 aliphatic carbocycles. The Balaban J connectivity index is 1.91. The first-order valence-electron chi connectivity index (χ1n) is 8.62. The number of para-hydroxylation sites is 1. The van der Waals surface area contributed by atoms with E-state index in [2.05, 4.69) is 49.2 Å². The highest BCUT2D eigenvalue weighted by molar-refractivity contribution is 6.15. The van der Waals surface area contributed by atoms with Gasteiger partial charge in [0.05, 0.1) is 23.4 Å². The number of hydrogen-bond acceptors (Lipinski definition) is 3. The van der Waals surface area contributed by atoms with Crippen LogP contribution in [0.2, 0.25) is 0 Å². The van der Waals surface area contributed by atoms with Gasteiger partial charge in [-0.15, -0.1) is 0 Å². The molecule has 0 N–H and O–H groups in total. The van der Waals surface area contributed by atoms with Crippen LogP contribution in [0.1, 0.15) is 36.1 Å². The van der Waals surface area contributed by atoms with Crippen molar-refractivity contribution in [1.29, 1.82) is 0 Å². The summed E-state index contributed by atoms with van der Waals surface area (Å²) >= 11 is 0. The van der Waals surface area contributed by atoms with E-state index >= 15 is 0 Å². The van der Waals surface area contributed by atoms with Gasteiger partial charge in [0.1, 0.15) is 0 Å². The van der Waals surface area contributed by atoms with Crippen molar-refractivity contribution in [3.63, 3.8) is 0 Å². The Labute approximate surface area is 148 Å². The molecule has 0 amide bonds. The van der Waals surface area contributed by atoms with Gasteiger partial charge in [-0.25, -0.2) is 0 Å². The molecule has 0 fully saturated rings. The third-order valence-corrected chi connectivity index (χ3v) is 4.72. The van der Waals surface area contributed by atoms with Gasteiger partial charge in [0.15, 0.2) is 0 Å². The second kappa shape index (κ2) is 6.08. The van der Waals surface area contributed by atoms with Gasteiger partial charge in [-0.05, 0) is 43.5 Å². The molecule has 4 rings (SSSR count). The molecule has 1 aromatic heterocycles. The molecular formula is C22H22N2O. The molecule has 0 saturated carbocycles. The fourth-order valence-electron chi connectivity index (χ4n) is 3.61. The highest BCUT2D eigenvalue weighted by Crippen LogP contribution is 2.32. The minimum Gasteiger partial charge on any atom is -0.380 e. The summed E-state index contributed by atoms with van der Waals surface area (Å²) in [5.41, 5.74) is 6.75. The average molecular weight is 330 g/mol. The zero-order chi connectivity index (χ0) is 17.4. The molecule has 1 aliphatic heterocycles. The van der Waals surface area contributed by atoms with Crippen LogP contribution < -0.4 is 0 Å². The fourth-order valence-corrected chi connectivity index (χ4v) is 3.61. The number of benzene rings is 2. The molecule has 1 aliphatic rings. The summed E-state index contributed by atoms with van der Waals surface area (Å²) in [4.78, 5) is 9.70. The van der Waals surface area contributed by atoms with Crippen LogP contribution in [0.3, 0.4) is 0 Å². The molecule has 0 saturated heterocycles. The second-order valence-electron chi connectivity index (χ2n) is 7.24. The van der Waals surface area contributed by atoms with Crippen LogP contribution >= 0.6 is 0 Å². The highest BCUT2D eigenvalue weighted by Gasteiger charge is 2.29. The van der Waals surface area contributed by atoms with Crippen LogP contribution in [0.15, 0.2) is 59.7 Å². The van der Waals surface area contributed by atoms with E-state index in [0.29, 0.717) is 6.61 Å². The van der Waals surface area contributed by atoms with Gasteiger partial charge in [-0.2, -0.15) is 0 Å². The Hall–Kier alpha value is -2.52. The Morgan fingerprint density at radius 1 is 1.08 bits per heavy atom. The third kappa shape index (κ3) is 2.96. The Bertz CT molecular complexity index is 973. The van der Waals surface area contributed by atoms with Gasteiger partial charge in [0.2, 0.25) is 0 Å². The number of pyridine rings is 1. The van der Waals surface area contributed by atoms with E-state index in [1.54, 1.807) is 7.11 Å². The predicted molar refractivity (Wildman–Crippen MR) is 102 cm³/mol. The van der Waals surface area contributed by atoms with Crippen LogP contribution in [0.4, 0.5) is 0 Å². The molecule has 3 aromatic rings. The summed E-state index contributed by atoms with van der Waals surface area (Å²) in [6.45, 7) is 5.00. The summed E-state index contributed by atoms with van der Waals surface area (Å²) in [6, 6.07) is 16.8. The average Bonchev–Trinajstić information content (AvgIpc) is 2.61. The van der Waals surface area contributed by atoms with E-state index in [-0.39, 0.29) is 5.54 Å². The zero-order valence-corrected chi connectivity index (χ0v) is 14.9. The maximum Gasteiger partial charge on any atom is 0.0744 e. The first kappa shape index (κ1) is 16.0. The normalized spacial score (nSPS) is 15.7. The smallest absolute Gasteiger partial charge is 0.0744 e. The third-order valence-electron chi connectivity index (χ3n) is 4.72. The number of rotatable bonds is 3. The SMILES string of the molecule is COCc1cccc2c1CC(C)(C)N=C2c1cnc2ccccc2c1. The summed E-state index contributed by atoms with van der Waals surface area (Å²) in [5.74, 6) is 0. The summed E-state index contributed by atoms with van der Waals surface area (Å²) in [7, 11) is 1.75. The number of nitrogens with zero attached hydrogens (tertiary/aromatic N) is 2. The van der Waals surface area contributed by atoms with E-state index in [1.807, 2.05) is 24.4 Å². The number of aromatic nitrogens is 1. The molecule has 126 valence electrons. The lowest BCUT2D eigenvalue weighted by atomic mass is 9.83. The highest BCUT2D eigenvalue weighted by atomic mass is 16.5. The predicted octanol–water partition coefficient (Wildman–Crippen LogP) is 4.55. The summed E-state index contributed by atoms with van der Waals surface area (Å²) in [6.07, 6.45) is 2.86. The monoisotopic (exact) mass is 330 g/mol. The van der Waals surface area contributed by atoms with E-state index in [4.69, 9.17) is 9.73 Å². The van der Waals surface area contributed by atoms with Gasteiger partial charge in [0, 0.05) is 29.8 Å². The maximum atomic E-state index is 5.41. The number of ether oxygens (including phenoxy) is 1. The van der Waals surface area contributed by atoms with Crippen molar-refractivity contribution in [2.24, 2.45) is 4.99 Å². The number of hydrogen-bond donors (Lipinski definition) is 0. The van der Waals surface area contributed by atoms with E-state index < -0.39 is 0 Å². The number of aliphatic imine (C=N–C) groups is 1. The van der Waals surface area contributed by atoms with Crippen molar-refractivity contribution < 1.29 is 4.74 Å². The van der Waals surface area contributed by atoms with Gasteiger partial charge in [-0.1, -0.05) is 36.4 Å². The molecule has 0 unspecified atom stereocenters. The van der Waals surface area contributed by atoms with Gasteiger partial charge in [0.25, 0.3) is 0 Å². The molecule has 3 nitrogen and oxygen atoms in total. The molecule has 2 aromatic carbocycles. The van der Waals surface area contributed by atoms with Crippen LogP contribution in [-0.2, 0) is 17.8 Å². The summed E-state index contributed by atoms with van der Waals surface area (Å²) < 4.78 is 5.41. The van der Waals surface area contributed by atoms with E-state index in [1.165, 1.54) is 16.7 Å². The fraction of sp³-hybridized carbons (Fsp3) is 0.273. The van der Waals surface area contributed by atoms with Crippen molar-refractivity contribution in [3.8, 4) is 0 Å². The second-order valence-corrected chi connectivity index (χ2v) is 7.24. The van der Waals surface area contributed by atoms with E-state index in [9.17, 15) is 0 Å². The summed E-state index contributed by atoms with van der Waals surface area (Å²) in [5, 5.41) is 1.14. The van der Waals surface area contributed by atoms with Crippen molar-refractivity contribution in [3.05, 3.63) is 77.0 Å². The lowest BCUT2D eigenvalue weighted by Crippen LogP contribution is -2.30. The van der Waals surface area contributed by atoms with Crippen molar-refractivity contribution in [1.82, 2.24) is 4.98 Å². The number of fused-ring (bicyclic) bond motifs is 2. The lowest BCUT2D eigenvalue weighted by Gasteiger charge is -2.30. The van der Waals surface area contributed by atoms with Crippen molar-refractivity contribution in [2.75, 3.05) is 7.11 Å². The zero-order valence-electron chi connectivity index (χ0n) is 14.9. The first-order chi connectivity index (χ1) is 12.1. The lowest BCUT2D eigenvalue weighted by molar-refractivity contribution is 0.184. The largest absolute Gasteiger partial charge is 0.380 e. The molecule has 0 spiro atoms. The molecule has 25 heavy (non-hydrogen) atoms. The van der Waals surface area contributed by atoms with Crippen LogP contribution in [0.25, 0.3) is 10.9 Å². The van der Waals surface area contributed by atoms with Gasteiger partial charge in [-0.3, -0.25) is 9.98 Å². The molecule has 3 heteroatoms. The van der Waals surface area contributed by atoms with Crippen LogP contribution in [0.5, 0.6) is 0 Å². The molecule has 2 heterocycles. The van der Waals surface area contributed by atoms with Crippen LogP contribution in [0, 0.1) is 0 Å². The molecular weight excluding hydrogens is 308 g/mol. The Kier molecular flexibility index (Phi) is 3.89. The van der Waals surface area contributed by atoms with E-state index in [0.717, 1.165) is 28.6 Å². The quantitative estimate of drug-likeness (QED) is 0.706. The Morgan fingerprint density at radius 3 is 2.76 bits per heavy atom. The minimum atomic E-state index is -0.141.